The Morgan fingerprint density at radius 3 is 2.76 bits per heavy atom. The van der Waals surface area contributed by atoms with Gasteiger partial charge in [-0.2, -0.15) is 0 Å². The molecule has 0 unspecified atom stereocenters. The Bertz CT molecular complexity index is 382. The maximum Gasteiger partial charge on any atom is 0.146 e. The van der Waals surface area contributed by atoms with Crippen LogP contribution in [0.25, 0.3) is 0 Å². The molecule has 1 aliphatic carbocycles. The summed E-state index contributed by atoms with van der Waals surface area (Å²) in [6.45, 7) is 2.99. The molecule has 2 rings (SSSR count). The highest BCUT2D eigenvalue weighted by Gasteiger charge is 2.27. The predicted molar refractivity (Wildman–Crippen MR) is 71.2 cm³/mol. The van der Waals surface area contributed by atoms with Gasteiger partial charge in [-0.1, -0.05) is 6.92 Å². The quantitative estimate of drug-likeness (QED) is 0.776. The zero-order valence-electron chi connectivity index (χ0n) is 9.78. The molecule has 0 radical (unpaired) electrons. The Hall–Kier alpha value is -0.880. The van der Waals surface area contributed by atoms with Gasteiger partial charge in [-0.25, -0.2) is 9.97 Å². The first kappa shape index (κ1) is 12.6. The fourth-order valence-corrected chi connectivity index (χ4v) is 2.20. The molecule has 17 heavy (non-hydrogen) atoms. The zero-order chi connectivity index (χ0) is 12.3. The van der Waals surface area contributed by atoms with E-state index in [0.29, 0.717) is 6.04 Å². The van der Waals surface area contributed by atoms with Crippen LogP contribution >= 0.6 is 15.9 Å². The molecule has 1 aliphatic rings. The molecule has 5 nitrogen and oxygen atoms in total. The van der Waals surface area contributed by atoms with E-state index in [-0.39, 0.29) is 6.10 Å². The van der Waals surface area contributed by atoms with E-state index in [4.69, 9.17) is 0 Å². The van der Waals surface area contributed by atoms with Crippen molar-refractivity contribution in [2.24, 2.45) is 0 Å². The summed E-state index contributed by atoms with van der Waals surface area (Å²) in [4.78, 5) is 8.39. The van der Waals surface area contributed by atoms with Crippen LogP contribution in [0.2, 0.25) is 0 Å². The van der Waals surface area contributed by atoms with Gasteiger partial charge in [-0.3, -0.25) is 0 Å². The molecule has 0 spiro atoms. The molecule has 1 fully saturated rings. The molecule has 0 bridgehead atoms. The normalized spacial score (nSPS) is 23.0. The van der Waals surface area contributed by atoms with Gasteiger partial charge >= 0.3 is 0 Å². The minimum atomic E-state index is -0.161. The van der Waals surface area contributed by atoms with Crippen LogP contribution in [0.15, 0.2) is 10.8 Å². The number of halogens is 1. The van der Waals surface area contributed by atoms with Crippen LogP contribution in [-0.2, 0) is 0 Å². The highest BCUT2D eigenvalue weighted by Crippen LogP contribution is 2.30. The zero-order valence-corrected chi connectivity index (χ0v) is 11.4. The molecule has 1 saturated carbocycles. The number of aliphatic hydroxyl groups excluding tert-OH is 1. The van der Waals surface area contributed by atoms with E-state index < -0.39 is 0 Å². The van der Waals surface area contributed by atoms with Crippen LogP contribution < -0.4 is 10.6 Å². The van der Waals surface area contributed by atoms with Crippen molar-refractivity contribution >= 4 is 27.6 Å². The molecule has 0 aliphatic heterocycles. The van der Waals surface area contributed by atoms with Crippen molar-refractivity contribution in [3.8, 4) is 0 Å². The molecule has 0 amide bonds. The summed E-state index contributed by atoms with van der Waals surface area (Å²) in [6, 6.07) is 0.315. The minimum Gasteiger partial charge on any atom is -0.393 e. The van der Waals surface area contributed by atoms with Crippen LogP contribution in [-0.4, -0.2) is 33.8 Å². The van der Waals surface area contributed by atoms with Crippen molar-refractivity contribution in [1.82, 2.24) is 9.97 Å². The Balaban J connectivity index is 2.01. The number of hydrogen-bond acceptors (Lipinski definition) is 5. The third kappa shape index (κ3) is 3.07. The second-order valence-corrected chi connectivity index (χ2v) is 5.07. The maximum absolute atomic E-state index is 9.24. The van der Waals surface area contributed by atoms with E-state index in [1.165, 1.54) is 0 Å². The summed E-state index contributed by atoms with van der Waals surface area (Å²) in [5.74, 6) is 1.60. The number of anilines is 2. The molecule has 0 atom stereocenters. The average Bonchev–Trinajstić information content (AvgIpc) is 2.28. The van der Waals surface area contributed by atoms with E-state index in [1.807, 2.05) is 0 Å². The van der Waals surface area contributed by atoms with Gasteiger partial charge in [0.25, 0.3) is 0 Å². The van der Waals surface area contributed by atoms with Crippen molar-refractivity contribution < 1.29 is 5.11 Å². The summed E-state index contributed by atoms with van der Waals surface area (Å²) in [5.41, 5.74) is 0. The van der Waals surface area contributed by atoms with E-state index in [2.05, 4.69) is 43.5 Å². The lowest BCUT2D eigenvalue weighted by Crippen LogP contribution is -2.39. The Morgan fingerprint density at radius 1 is 1.41 bits per heavy atom. The van der Waals surface area contributed by atoms with E-state index in [9.17, 15) is 5.11 Å². The Morgan fingerprint density at radius 2 is 2.12 bits per heavy atom. The number of hydrogen-bond donors (Lipinski definition) is 3. The second-order valence-electron chi connectivity index (χ2n) is 4.28. The molecule has 1 aromatic heterocycles. The first-order valence-electron chi connectivity index (χ1n) is 5.89. The highest BCUT2D eigenvalue weighted by atomic mass is 79.9. The maximum atomic E-state index is 9.24. The van der Waals surface area contributed by atoms with Gasteiger partial charge in [0.05, 0.1) is 6.10 Å². The monoisotopic (exact) mass is 300 g/mol. The van der Waals surface area contributed by atoms with E-state index in [0.717, 1.165) is 41.9 Å². The van der Waals surface area contributed by atoms with Crippen molar-refractivity contribution in [2.45, 2.75) is 38.3 Å². The first-order valence-corrected chi connectivity index (χ1v) is 6.69. The van der Waals surface area contributed by atoms with Crippen molar-refractivity contribution in [3.05, 3.63) is 10.8 Å². The van der Waals surface area contributed by atoms with Gasteiger partial charge < -0.3 is 15.7 Å². The average molecular weight is 301 g/mol. The number of nitrogens with zero attached hydrogens (tertiary/aromatic N) is 2. The second kappa shape index (κ2) is 5.64. The minimum absolute atomic E-state index is 0.161. The van der Waals surface area contributed by atoms with Gasteiger partial charge in [0, 0.05) is 12.6 Å². The fourth-order valence-electron chi connectivity index (χ4n) is 1.74. The van der Waals surface area contributed by atoms with Gasteiger partial charge in [0.2, 0.25) is 0 Å². The summed E-state index contributed by atoms with van der Waals surface area (Å²) in [5, 5.41) is 15.8. The topological polar surface area (TPSA) is 70.1 Å². The molecule has 1 aromatic rings. The van der Waals surface area contributed by atoms with Crippen molar-refractivity contribution in [2.75, 3.05) is 17.2 Å². The number of aromatic nitrogens is 2. The van der Waals surface area contributed by atoms with Crippen LogP contribution in [0.4, 0.5) is 11.6 Å². The SMILES string of the molecule is CCCNc1ncnc(NC2CC(O)C2)c1Br. The number of rotatable bonds is 5. The molecular weight excluding hydrogens is 284 g/mol. The highest BCUT2D eigenvalue weighted by molar-refractivity contribution is 9.10. The largest absolute Gasteiger partial charge is 0.393 e. The predicted octanol–water partition coefficient (Wildman–Crippen LogP) is 2.00. The molecule has 94 valence electrons. The van der Waals surface area contributed by atoms with Crippen LogP contribution in [0.1, 0.15) is 26.2 Å². The lowest BCUT2D eigenvalue weighted by Gasteiger charge is -2.32. The van der Waals surface area contributed by atoms with Crippen molar-refractivity contribution in [1.29, 1.82) is 0 Å². The van der Waals surface area contributed by atoms with E-state index in [1.54, 1.807) is 6.33 Å². The van der Waals surface area contributed by atoms with E-state index >= 15 is 0 Å². The summed E-state index contributed by atoms with van der Waals surface area (Å²) in [7, 11) is 0. The number of nitrogens with one attached hydrogen (secondary N) is 2. The fraction of sp³-hybridized carbons (Fsp3) is 0.636. The molecule has 6 heteroatoms. The van der Waals surface area contributed by atoms with Gasteiger partial charge in [0.15, 0.2) is 0 Å². The Kier molecular flexibility index (Phi) is 4.17. The summed E-state index contributed by atoms with van der Waals surface area (Å²) in [6.07, 6.45) is 4.00. The van der Waals surface area contributed by atoms with Crippen LogP contribution in [0.5, 0.6) is 0 Å². The van der Waals surface area contributed by atoms with Gasteiger partial charge in [-0.05, 0) is 35.2 Å². The smallest absolute Gasteiger partial charge is 0.146 e. The third-order valence-corrected chi connectivity index (χ3v) is 3.54. The molecule has 1 heterocycles. The summed E-state index contributed by atoms with van der Waals surface area (Å²) >= 11 is 3.50. The standard InChI is InChI=1S/C11H17BrN4O/c1-2-3-13-10-9(12)11(15-6-14-10)16-7-4-8(17)5-7/h6-8,17H,2-5H2,1H3,(H2,13,14,15,16). The molecule has 0 saturated heterocycles. The lowest BCUT2D eigenvalue weighted by molar-refractivity contribution is 0.0835. The molecule has 0 aromatic carbocycles. The van der Waals surface area contributed by atoms with Gasteiger partial charge in [-0.15, -0.1) is 0 Å². The van der Waals surface area contributed by atoms with Crippen LogP contribution in [0, 0.1) is 0 Å². The summed E-state index contributed by atoms with van der Waals surface area (Å²) < 4.78 is 0.856. The molecular formula is C11H17BrN4O. The first-order chi connectivity index (χ1) is 8.20. The van der Waals surface area contributed by atoms with Crippen molar-refractivity contribution in [3.63, 3.8) is 0 Å². The van der Waals surface area contributed by atoms with Crippen LogP contribution in [0.3, 0.4) is 0 Å². The molecule has 3 N–H and O–H groups in total. The third-order valence-electron chi connectivity index (χ3n) is 2.79. The Labute approximate surface area is 109 Å². The lowest BCUT2D eigenvalue weighted by atomic mass is 9.89. The van der Waals surface area contributed by atoms with Gasteiger partial charge in [0.1, 0.15) is 22.4 Å². The number of aliphatic hydroxyl groups is 1.